The molecular formula is C20H25N7. The fourth-order valence-electron chi connectivity index (χ4n) is 3.71. The molecule has 0 saturated carbocycles. The summed E-state index contributed by atoms with van der Waals surface area (Å²) in [5, 5.41) is 7.52. The number of hydrogen-bond acceptors (Lipinski definition) is 6. The third kappa shape index (κ3) is 4.89. The van der Waals surface area contributed by atoms with Crippen LogP contribution >= 0.6 is 0 Å². The summed E-state index contributed by atoms with van der Waals surface area (Å²) >= 11 is 0. The van der Waals surface area contributed by atoms with Crippen LogP contribution < -0.4 is 5.32 Å². The zero-order chi connectivity index (χ0) is 18.5. The van der Waals surface area contributed by atoms with E-state index < -0.39 is 0 Å². The van der Waals surface area contributed by atoms with Gasteiger partial charge in [-0.1, -0.05) is 6.07 Å². The number of nitrogens with one attached hydrogen (secondary N) is 1. The quantitative estimate of drug-likeness (QED) is 0.726. The smallest absolute Gasteiger partial charge is 0.135 e. The highest BCUT2D eigenvalue weighted by molar-refractivity contribution is 5.50. The van der Waals surface area contributed by atoms with E-state index in [4.69, 9.17) is 0 Å². The van der Waals surface area contributed by atoms with Crippen LogP contribution in [0, 0.1) is 5.92 Å². The Balaban J connectivity index is 1.36. The average Bonchev–Trinajstić information content (AvgIpc) is 3.08. The maximum absolute atomic E-state index is 4.48. The van der Waals surface area contributed by atoms with Gasteiger partial charge in [-0.3, -0.25) is 9.58 Å². The molecule has 0 aliphatic carbocycles. The fraction of sp³-hybridized carbons (Fsp3) is 0.400. The number of nitrogens with zero attached hydrogens (tertiary/aromatic N) is 6. The van der Waals surface area contributed by atoms with Crippen LogP contribution in [0.25, 0.3) is 0 Å². The summed E-state index contributed by atoms with van der Waals surface area (Å²) in [5.74, 6) is 2.21. The van der Waals surface area contributed by atoms with Crippen LogP contribution in [0.2, 0.25) is 0 Å². The lowest BCUT2D eigenvalue weighted by atomic mass is 9.93. The molecule has 1 fully saturated rings. The first kappa shape index (κ1) is 17.6. The molecule has 0 bridgehead atoms. The molecule has 7 heteroatoms. The van der Waals surface area contributed by atoms with E-state index >= 15 is 0 Å². The summed E-state index contributed by atoms with van der Waals surface area (Å²) in [7, 11) is 1.97. The van der Waals surface area contributed by atoms with Crippen molar-refractivity contribution in [3.63, 3.8) is 0 Å². The molecule has 1 aliphatic heterocycles. The molecule has 27 heavy (non-hydrogen) atoms. The van der Waals surface area contributed by atoms with Gasteiger partial charge in [-0.2, -0.15) is 5.10 Å². The number of likely N-dealkylation sites (tertiary alicyclic amines) is 1. The van der Waals surface area contributed by atoms with Crippen LogP contribution in [0.15, 0.2) is 49.2 Å². The standard InChI is InChI=1S/C20H25N7/c1-26-12-17(11-24-26)14-27-8-4-5-16(13-27)9-18-10-20(23-15-22-18)25-19-6-2-3-7-21-19/h2-3,6-7,10-12,15-16H,4-5,8-9,13-14H2,1H3,(H,21,22,23,25). The molecule has 0 aromatic carbocycles. The minimum Gasteiger partial charge on any atom is -0.325 e. The Hall–Kier alpha value is -2.80. The Morgan fingerprint density at radius 2 is 2.15 bits per heavy atom. The first-order valence-electron chi connectivity index (χ1n) is 9.43. The van der Waals surface area contributed by atoms with E-state index in [1.807, 2.05) is 42.2 Å². The van der Waals surface area contributed by atoms with Gasteiger partial charge < -0.3 is 5.32 Å². The van der Waals surface area contributed by atoms with Crippen LogP contribution in [0.1, 0.15) is 24.1 Å². The third-order valence-corrected chi connectivity index (χ3v) is 4.91. The van der Waals surface area contributed by atoms with Gasteiger partial charge in [0, 0.05) is 49.9 Å². The van der Waals surface area contributed by atoms with Crippen molar-refractivity contribution in [2.75, 3.05) is 18.4 Å². The molecule has 7 nitrogen and oxygen atoms in total. The molecule has 1 saturated heterocycles. The van der Waals surface area contributed by atoms with Crippen molar-refractivity contribution in [1.29, 1.82) is 0 Å². The maximum Gasteiger partial charge on any atom is 0.135 e. The zero-order valence-electron chi connectivity index (χ0n) is 15.6. The van der Waals surface area contributed by atoms with Gasteiger partial charge in [0.2, 0.25) is 0 Å². The first-order valence-corrected chi connectivity index (χ1v) is 9.43. The topological polar surface area (TPSA) is 71.8 Å². The number of rotatable bonds is 6. The third-order valence-electron chi connectivity index (χ3n) is 4.91. The van der Waals surface area contributed by atoms with E-state index in [2.05, 4.69) is 36.5 Å². The summed E-state index contributed by atoms with van der Waals surface area (Å²) in [4.78, 5) is 15.6. The summed E-state index contributed by atoms with van der Waals surface area (Å²) in [6, 6.07) is 7.82. The molecule has 3 aromatic heterocycles. The summed E-state index contributed by atoms with van der Waals surface area (Å²) in [6.45, 7) is 3.23. The van der Waals surface area contributed by atoms with E-state index in [1.54, 1.807) is 12.5 Å². The Morgan fingerprint density at radius 1 is 1.19 bits per heavy atom. The van der Waals surface area contributed by atoms with Gasteiger partial charge in [0.05, 0.1) is 6.20 Å². The molecule has 1 atom stereocenters. The molecule has 3 aromatic rings. The normalized spacial score (nSPS) is 17.7. The molecular weight excluding hydrogens is 338 g/mol. The van der Waals surface area contributed by atoms with Gasteiger partial charge in [0.1, 0.15) is 18.0 Å². The monoisotopic (exact) mass is 363 g/mol. The van der Waals surface area contributed by atoms with E-state index in [-0.39, 0.29) is 0 Å². The number of piperidine rings is 1. The van der Waals surface area contributed by atoms with Gasteiger partial charge in [0.15, 0.2) is 0 Å². The minimum atomic E-state index is 0.619. The molecule has 4 rings (SSSR count). The lowest BCUT2D eigenvalue weighted by molar-refractivity contribution is 0.166. The molecule has 1 aliphatic rings. The number of aromatic nitrogens is 5. The van der Waals surface area contributed by atoms with Crippen LogP contribution in [0.3, 0.4) is 0 Å². The second-order valence-corrected chi connectivity index (χ2v) is 7.20. The largest absolute Gasteiger partial charge is 0.325 e. The molecule has 4 heterocycles. The molecule has 1 N–H and O–H groups in total. The van der Waals surface area contributed by atoms with Crippen molar-refractivity contribution >= 4 is 11.6 Å². The van der Waals surface area contributed by atoms with Gasteiger partial charge in [-0.15, -0.1) is 0 Å². The first-order chi connectivity index (χ1) is 13.2. The fourth-order valence-corrected chi connectivity index (χ4v) is 3.71. The average molecular weight is 363 g/mol. The molecule has 0 spiro atoms. The summed E-state index contributed by atoms with van der Waals surface area (Å²) in [6.07, 6.45) is 10.9. The van der Waals surface area contributed by atoms with E-state index in [0.29, 0.717) is 5.92 Å². The molecule has 140 valence electrons. The van der Waals surface area contributed by atoms with Gasteiger partial charge in [-0.05, 0) is 43.9 Å². The lowest BCUT2D eigenvalue weighted by Crippen LogP contribution is -2.35. The van der Waals surface area contributed by atoms with E-state index in [0.717, 1.165) is 43.4 Å². The summed E-state index contributed by atoms with van der Waals surface area (Å²) in [5.41, 5.74) is 2.36. The van der Waals surface area contributed by atoms with Gasteiger partial charge >= 0.3 is 0 Å². The van der Waals surface area contributed by atoms with Crippen molar-refractivity contribution in [1.82, 2.24) is 29.6 Å². The Labute approximate surface area is 159 Å². The number of anilines is 2. The van der Waals surface area contributed by atoms with Crippen LogP contribution in [-0.4, -0.2) is 42.7 Å². The summed E-state index contributed by atoms with van der Waals surface area (Å²) < 4.78 is 1.87. The number of hydrogen-bond donors (Lipinski definition) is 1. The van der Waals surface area contributed by atoms with Crippen molar-refractivity contribution in [3.05, 3.63) is 60.4 Å². The van der Waals surface area contributed by atoms with Gasteiger partial charge in [0.25, 0.3) is 0 Å². The second kappa shape index (κ2) is 8.26. The van der Waals surface area contributed by atoms with Crippen LogP contribution in [-0.2, 0) is 20.0 Å². The molecule has 0 amide bonds. The van der Waals surface area contributed by atoms with Crippen molar-refractivity contribution in [2.45, 2.75) is 25.8 Å². The van der Waals surface area contributed by atoms with Crippen LogP contribution in [0.4, 0.5) is 11.6 Å². The Kier molecular flexibility index (Phi) is 5.39. The maximum atomic E-state index is 4.48. The molecule has 1 unspecified atom stereocenters. The number of aryl methyl sites for hydroxylation is 1. The highest BCUT2D eigenvalue weighted by atomic mass is 15.2. The van der Waals surface area contributed by atoms with E-state index in [9.17, 15) is 0 Å². The van der Waals surface area contributed by atoms with Gasteiger partial charge in [-0.25, -0.2) is 15.0 Å². The predicted octanol–water partition coefficient (Wildman–Crippen LogP) is 2.80. The highest BCUT2D eigenvalue weighted by Gasteiger charge is 2.21. The minimum absolute atomic E-state index is 0.619. The zero-order valence-corrected chi connectivity index (χ0v) is 15.6. The lowest BCUT2D eigenvalue weighted by Gasteiger charge is -2.32. The van der Waals surface area contributed by atoms with Crippen LogP contribution in [0.5, 0.6) is 0 Å². The molecule has 0 radical (unpaired) electrons. The number of pyridine rings is 1. The highest BCUT2D eigenvalue weighted by Crippen LogP contribution is 2.22. The predicted molar refractivity (Wildman–Crippen MR) is 104 cm³/mol. The van der Waals surface area contributed by atoms with Crippen molar-refractivity contribution in [2.24, 2.45) is 13.0 Å². The van der Waals surface area contributed by atoms with Crippen molar-refractivity contribution < 1.29 is 0 Å². The Morgan fingerprint density at radius 3 is 2.96 bits per heavy atom. The van der Waals surface area contributed by atoms with E-state index in [1.165, 1.54) is 18.4 Å². The second-order valence-electron chi connectivity index (χ2n) is 7.20. The van der Waals surface area contributed by atoms with Crippen molar-refractivity contribution in [3.8, 4) is 0 Å². The Bertz CT molecular complexity index is 862. The SMILES string of the molecule is Cn1cc(CN2CCCC(Cc3cc(Nc4ccccn4)ncn3)C2)cn1.